The SMILES string of the molecule is COc1nc(N(C)C)ncc1-n1nc2c(c1C(C)C)C(c1ccc(C#N)c(F)c1)N(C1CC(Cl)CNC1=O)C2=O. The number of benzene rings is 1. The molecule has 40 heavy (non-hydrogen) atoms. The van der Waals surface area contributed by atoms with Crippen molar-refractivity contribution in [1.82, 2.24) is 30.0 Å². The molecule has 11 nitrogen and oxygen atoms in total. The highest BCUT2D eigenvalue weighted by Crippen LogP contribution is 2.46. The van der Waals surface area contributed by atoms with Gasteiger partial charge in [-0.25, -0.2) is 14.1 Å². The van der Waals surface area contributed by atoms with E-state index in [4.69, 9.17) is 21.4 Å². The number of nitriles is 1. The summed E-state index contributed by atoms with van der Waals surface area (Å²) < 4.78 is 22.1. The van der Waals surface area contributed by atoms with Gasteiger partial charge in [-0.1, -0.05) is 19.9 Å². The van der Waals surface area contributed by atoms with E-state index < -0.39 is 23.8 Å². The zero-order valence-corrected chi connectivity index (χ0v) is 23.4. The van der Waals surface area contributed by atoms with Gasteiger partial charge in [0.05, 0.1) is 36.0 Å². The number of fused-ring (bicyclic) bond motifs is 1. The smallest absolute Gasteiger partial charge is 0.276 e. The van der Waals surface area contributed by atoms with Crippen LogP contribution in [0.15, 0.2) is 24.4 Å². The van der Waals surface area contributed by atoms with Crippen LogP contribution >= 0.6 is 11.6 Å². The zero-order chi connectivity index (χ0) is 28.9. The number of rotatable bonds is 6. The van der Waals surface area contributed by atoms with Crippen LogP contribution in [-0.2, 0) is 4.79 Å². The van der Waals surface area contributed by atoms with Crippen molar-refractivity contribution in [3.63, 3.8) is 0 Å². The van der Waals surface area contributed by atoms with Crippen LogP contribution in [0.1, 0.15) is 65.1 Å². The van der Waals surface area contributed by atoms with Gasteiger partial charge in [0.15, 0.2) is 5.69 Å². The van der Waals surface area contributed by atoms with Crippen molar-refractivity contribution in [1.29, 1.82) is 5.26 Å². The van der Waals surface area contributed by atoms with Crippen LogP contribution in [0.4, 0.5) is 10.3 Å². The average molecular weight is 567 g/mol. The number of hydrogen-bond acceptors (Lipinski definition) is 8. The number of hydrogen-bond donors (Lipinski definition) is 1. The van der Waals surface area contributed by atoms with Crippen LogP contribution in [0, 0.1) is 17.1 Å². The summed E-state index contributed by atoms with van der Waals surface area (Å²) in [7, 11) is 5.09. The van der Waals surface area contributed by atoms with Gasteiger partial charge >= 0.3 is 0 Å². The topological polar surface area (TPSA) is 129 Å². The lowest BCUT2D eigenvalue weighted by atomic mass is 9.92. The first-order chi connectivity index (χ1) is 19.1. The van der Waals surface area contributed by atoms with Crippen molar-refractivity contribution >= 4 is 29.4 Å². The minimum Gasteiger partial charge on any atom is -0.479 e. The standard InChI is InChI=1S/C27H28ClFN8O3/c1-13(2)22-20-21(34-37(22)19-12-32-27(35(3)4)33-25(19)40-5)26(39)36(18-9-16(28)11-31-24(18)38)23(20)14-6-7-15(10-30)17(29)8-14/h6-8,12-13,16,18,23H,9,11H2,1-5H3,(H,31,38). The lowest BCUT2D eigenvalue weighted by Crippen LogP contribution is -2.55. The monoisotopic (exact) mass is 566 g/mol. The summed E-state index contributed by atoms with van der Waals surface area (Å²) in [4.78, 5) is 39.1. The molecule has 0 bridgehead atoms. The highest BCUT2D eigenvalue weighted by Gasteiger charge is 2.50. The normalized spacial score (nSPS) is 20.4. The van der Waals surface area contributed by atoms with Crippen molar-refractivity contribution in [2.45, 2.75) is 43.6 Å². The Morgan fingerprint density at radius 2 is 2.05 bits per heavy atom. The van der Waals surface area contributed by atoms with E-state index in [0.29, 0.717) is 28.5 Å². The molecule has 1 aromatic carbocycles. The molecular weight excluding hydrogens is 539 g/mol. The fourth-order valence-electron chi connectivity index (χ4n) is 5.29. The Morgan fingerprint density at radius 1 is 1.30 bits per heavy atom. The minimum atomic E-state index is -0.896. The predicted octanol–water partition coefficient (Wildman–Crippen LogP) is 2.91. The van der Waals surface area contributed by atoms with E-state index in [1.807, 2.05) is 19.9 Å². The number of alkyl halides is 1. The second-order valence-corrected chi connectivity index (χ2v) is 10.9. The van der Waals surface area contributed by atoms with E-state index in [1.165, 1.54) is 24.1 Å². The maximum absolute atomic E-state index is 14.9. The summed E-state index contributed by atoms with van der Waals surface area (Å²) in [6.07, 6.45) is 1.80. The number of carbonyl (C=O) groups excluding carboxylic acids is 2. The van der Waals surface area contributed by atoms with Crippen molar-refractivity contribution in [3.8, 4) is 17.6 Å². The number of aromatic nitrogens is 4. The first kappa shape index (κ1) is 27.3. The van der Waals surface area contributed by atoms with Crippen LogP contribution in [0.25, 0.3) is 5.69 Å². The minimum absolute atomic E-state index is 0.126. The van der Waals surface area contributed by atoms with Crippen molar-refractivity contribution < 1.29 is 18.7 Å². The molecule has 2 aliphatic rings. The molecule has 0 aliphatic carbocycles. The lowest BCUT2D eigenvalue weighted by molar-refractivity contribution is -0.127. The summed E-state index contributed by atoms with van der Waals surface area (Å²) in [5.74, 6) is -1.04. The lowest BCUT2D eigenvalue weighted by Gasteiger charge is -2.37. The molecular formula is C27H28ClFN8O3. The number of piperidine rings is 1. The summed E-state index contributed by atoms with van der Waals surface area (Å²) >= 11 is 6.40. The third-order valence-corrected chi connectivity index (χ3v) is 7.42. The number of nitrogens with zero attached hydrogens (tertiary/aromatic N) is 7. The van der Waals surface area contributed by atoms with E-state index in [0.717, 1.165) is 0 Å². The van der Waals surface area contributed by atoms with E-state index >= 15 is 0 Å². The molecule has 1 fully saturated rings. The second kappa shape index (κ2) is 10.4. The van der Waals surface area contributed by atoms with Crippen molar-refractivity contribution in [2.75, 3.05) is 32.6 Å². The molecule has 0 saturated carbocycles. The summed E-state index contributed by atoms with van der Waals surface area (Å²) in [5.41, 5.74) is 2.01. The second-order valence-electron chi connectivity index (χ2n) is 10.2. The molecule has 2 aromatic heterocycles. The summed E-state index contributed by atoms with van der Waals surface area (Å²) in [5, 5.41) is 16.4. The van der Waals surface area contributed by atoms with Crippen LogP contribution < -0.4 is 15.0 Å². The molecule has 2 aliphatic heterocycles. The number of halogens is 2. The molecule has 1 N–H and O–H groups in total. The van der Waals surface area contributed by atoms with E-state index in [2.05, 4.69) is 15.3 Å². The molecule has 208 valence electrons. The highest BCUT2D eigenvalue weighted by molar-refractivity contribution is 6.21. The quantitative estimate of drug-likeness (QED) is 0.451. The molecule has 3 aromatic rings. The average Bonchev–Trinajstić information content (AvgIpc) is 3.44. The molecule has 2 amide bonds. The Morgan fingerprint density at radius 3 is 2.67 bits per heavy atom. The fourth-order valence-corrected chi connectivity index (χ4v) is 5.54. The van der Waals surface area contributed by atoms with Crippen molar-refractivity contribution in [3.05, 3.63) is 58.3 Å². The molecule has 4 heterocycles. The molecule has 0 radical (unpaired) electrons. The van der Waals surface area contributed by atoms with Gasteiger partial charge in [-0.3, -0.25) is 9.59 Å². The van der Waals surface area contributed by atoms with Gasteiger partial charge in [-0.2, -0.15) is 15.3 Å². The fraction of sp³-hybridized carbons (Fsp3) is 0.407. The number of methoxy groups -OCH3 is 1. The van der Waals surface area contributed by atoms with E-state index in [-0.39, 0.29) is 47.3 Å². The Bertz CT molecular complexity index is 1550. The van der Waals surface area contributed by atoms with Gasteiger partial charge in [-0.15, -0.1) is 11.6 Å². The first-order valence-corrected chi connectivity index (χ1v) is 13.2. The van der Waals surface area contributed by atoms with Crippen molar-refractivity contribution in [2.24, 2.45) is 0 Å². The Hall–Kier alpha value is -4.24. The van der Waals surface area contributed by atoms with Crippen LogP contribution in [0.5, 0.6) is 5.88 Å². The molecule has 13 heteroatoms. The summed E-state index contributed by atoms with van der Waals surface area (Å²) in [6, 6.07) is 4.26. The number of nitrogens with one attached hydrogen (secondary N) is 1. The maximum atomic E-state index is 14.9. The molecule has 3 unspecified atom stereocenters. The Labute approximate surface area is 235 Å². The zero-order valence-electron chi connectivity index (χ0n) is 22.6. The van der Waals surface area contributed by atoms with Gasteiger partial charge in [0.25, 0.3) is 5.91 Å². The molecule has 5 rings (SSSR count). The number of anilines is 1. The number of ether oxygens (including phenoxy) is 1. The molecule has 3 atom stereocenters. The predicted molar refractivity (Wildman–Crippen MR) is 144 cm³/mol. The van der Waals surface area contributed by atoms with Gasteiger partial charge in [0.1, 0.15) is 23.6 Å². The third-order valence-electron chi connectivity index (χ3n) is 7.08. The van der Waals surface area contributed by atoms with Gasteiger partial charge < -0.3 is 19.9 Å². The maximum Gasteiger partial charge on any atom is 0.276 e. The van der Waals surface area contributed by atoms with E-state index in [1.54, 1.807) is 35.9 Å². The Kier molecular flexibility index (Phi) is 7.10. The Balaban J connectivity index is 1.75. The molecule has 1 saturated heterocycles. The van der Waals surface area contributed by atoms with Crippen LogP contribution in [-0.4, -0.2) is 75.6 Å². The first-order valence-electron chi connectivity index (χ1n) is 12.7. The van der Waals surface area contributed by atoms with Crippen LogP contribution in [0.2, 0.25) is 0 Å². The largest absolute Gasteiger partial charge is 0.479 e. The van der Waals surface area contributed by atoms with E-state index in [9.17, 15) is 19.2 Å². The van der Waals surface area contributed by atoms with Gasteiger partial charge in [0, 0.05) is 26.2 Å². The number of amides is 2. The molecule has 0 spiro atoms. The summed E-state index contributed by atoms with van der Waals surface area (Å²) in [6.45, 7) is 4.18. The van der Waals surface area contributed by atoms with Gasteiger partial charge in [-0.05, 0) is 30.0 Å². The highest BCUT2D eigenvalue weighted by atomic mass is 35.5. The van der Waals surface area contributed by atoms with Gasteiger partial charge in [0.2, 0.25) is 17.7 Å². The third kappa shape index (κ3) is 4.40. The number of carbonyl (C=O) groups is 2. The van der Waals surface area contributed by atoms with Crippen LogP contribution in [0.3, 0.4) is 0 Å².